The monoisotopic (exact) mass is 477 g/mol. The van der Waals surface area contributed by atoms with E-state index in [1.54, 1.807) is 0 Å². The second kappa shape index (κ2) is 8.86. The molecule has 0 N–H and O–H groups in total. The fourth-order valence-corrected chi connectivity index (χ4v) is 5.76. The predicted octanol–water partition coefficient (Wildman–Crippen LogP) is 7.79. The Balaban J connectivity index is 1.44. The number of hydrogen-bond acceptors (Lipinski definition) is 3. The molecule has 5 aromatic carbocycles. The van der Waals surface area contributed by atoms with Crippen LogP contribution in [0.15, 0.2) is 119 Å². The molecule has 0 saturated carbocycles. The molecule has 0 aromatic heterocycles. The van der Waals surface area contributed by atoms with Crippen LogP contribution in [-0.2, 0) is 6.42 Å². The van der Waals surface area contributed by atoms with Crippen molar-refractivity contribution < 1.29 is 0 Å². The van der Waals surface area contributed by atoms with E-state index in [1.807, 2.05) is 24.3 Å². The van der Waals surface area contributed by atoms with Gasteiger partial charge in [0.1, 0.15) is 12.0 Å². The van der Waals surface area contributed by atoms with Crippen LogP contribution in [0.5, 0.6) is 0 Å². The smallest absolute Gasteiger partial charge is 0.159 e. The zero-order valence-corrected chi connectivity index (χ0v) is 20.8. The quantitative estimate of drug-likeness (QED) is 0.244. The Hall–Kier alpha value is -4.50. The van der Waals surface area contributed by atoms with Gasteiger partial charge in [-0.25, -0.2) is 9.98 Å². The van der Waals surface area contributed by atoms with E-state index in [1.165, 1.54) is 32.7 Å². The molecular formula is C34H27N3. The van der Waals surface area contributed by atoms with Crippen molar-refractivity contribution in [3.63, 3.8) is 0 Å². The molecule has 0 amide bonds. The van der Waals surface area contributed by atoms with Gasteiger partial charge in [-0.2, -0.15) is 0 Å². The van der Waals surface area contributed by atoms with Gasteiger partial charge in [-0.15, -0.1) is 0 Å². The lowest BCUT2D eigenvalue weighted by Crippen LogP contribution is -2.35. The summed E-state index contributed by atoms with van der Waals surface area (Å²) in [5.74, 6) is 1.70. The summed E-state index contributed by atoms with van der Waals surface area (Å²) in [6.45, 7) is 0. The van der Waals surface area contributed by atoms with Crippen LogP contribution in [0.3, 0.4) is 0 Å². The van der Waals surface area contributed by atoms with Crippen molar-refractivity contribution in [1.29, 1.82) is 0 Å². The Morgan fingerprint density at radius 1 is 0.703 bits per heavy atom. The lowest BCUT2D eigenvalue weighted by molar-refractivity contribution is 0.383. The number of hydrogen-bond donors (Lipinski definition) is 0. The van der Waals surface area contributed by atoms with E-state index in [0.29, 0.717) is 0 Å². The van der Waals surface area contributed by atoms with Crippen LogP contribution < -0.4 is 0 Å². The molecule has 1 aliphatic carbocycles. The number of benzene rings is 5. The summed E-state index contributed by atoms with van der Waals surface area (Å²) in [5.41, 5.74) is 6.11. The maximum absolute atomic E-state index is 5.13. The normalized spacial score (nSPS) is 17.0. The van der Waals surface area contributed by atoms with E-state index < -0.39 is 0 Å². The maximum Gasteiger partial charge on any atom is 0.159 e. The number of aryl methyl sites for hydroxylation is 1. The average molecular weight is 478 g/mol. The van der Waals surface area contributed by atoms with Crippen LogP contribution in [0, 0.1) is 0 Å². The third kappa shape index (κ3) is 3.66. The molecule has 1 aliphatic heterocycles. The predicted molar refractivity (Wildman–Crippen MR) is 155 cm³/mol. The van der Waals surface area contributed by atoms with Crippen molar-refractivity contribution in [1.82, 2.24) is 4.90 Å². The van der Waals surface area contributed by atoms with E-state index in [9.17, 15) is 0 Å². The molecule has 1 atom stereocenters. The van der Waals surface area contributed by atoms with Gasteiger partial charge >= 0.3 is 0 Å². The summed E-state index contributed by atoms with van der Waals surface area (Å²) in [6.07, 6.45) is 6.63. The molecular weight excluding hydrogens is 450 g/mol. The Morgan fingerprint density at radius 2 is 1.43 bits per heavy atom. The lowest BCUT2D eigenvalue weighted by atomic mass is 9.86. The highest BCUT2D eigenvalue weighted by Crippen LogP contribution is 2.37. The van der Waals surface area contributed by atoms with Crippen LogP contribution >= 0.6 is 0 Å². The number of nitrogens with zero attached hydrogens (tertiary/aromatic N) is 3. The first-order valence-corrected chi connectivity index (χ1v) is 12.9. The van der Waals surface area contributed by atoms with Crippen molar-refractivity contribution >= 4 is 39.3 Å². The van der Waals surface area contributed by atoms with Crippen LogP contribution in [0.4, 0.5) is 0 Å². The summed E-state index contributed by atoms with van der Waals surface area (Å²) in [6, 6.07) is 36.4. The minimum Gasteiger partial charge on any atom is -0.333 e. The van der Waals surface area contributed by atoms with Crippen LogP contribution in [0.1, 0.15) is 40.4 Å². The summed E-state index contributed by atoms with van der Waals surface area (Å²) in [7, 11) is 2.10. The van der Waals surface area contributed by atoms with Gasteiger partial charge in [0.25, 0.3) is 0 Å². The maximum atomic E-state index is 5.13. The molecule has 7 rings (SSSR count). The molecule has 5 aromatic rings. The van der Waals surface area contributed by atoms with E-state index in [-0.39, 0.29) is 6.17 Å². The first-order chi connectivity index (χ1) is 18.3. The average Bonchev–Trinajstić information content (AvgIpc) is 2.98. The van der Waals surface area contributed by atoms with Crippen molar-refractivity contribution in [3.05, 3.63) is 137 Å². The van der Waals surface area contributed by atoms with Gasteiger partial charge in [-0.3, -0.25) is 0 Å². The summed E-state index contributed by atoms with van der Waals surface area (Å²) in [4.78, 5) is 12.4. The lowest BCUT2D eigenvalue weighted by Gasteiger charge is -2.32. The Labute approximate surface area is 217 Å². The summed E-state index contributed by atoms with van der Waals surface area (Å²) < 4.78 is 0. The number of allylic oxidation sites excluding steroid dienone is 1. The minimum atomic E-state index is -0.148. The van der Waals surface area contributed by atoms with E-state index >= 15 is 0 Å². The van der Waals surface area contributed by atoms with Gasteiger partial charge in [-0.1, -0.05) is 109 Å². The zero-order chi connectivity index (χ0) is 24.8. The van der Waals surface area contributed by atoms with Gasteiger partial charge in [0.05, 0.1) is 0 Å². The van der Waals surface area contributed by atoms with E-state index in [0.717, 1.165) is 41.2 Å². The Morgan fingerprint density at radius 3 is 2.24 bits per heavy atom. The molecule has 1 unspecified atom stereocenters. The topological polar surface area (TPSA) is 28.0 Å². The van der Waals surface area contributed by atoms with Gasteiger partial charge in [0.2, 0.25) is 0 Å². The molecule has 37 heavy (non-hydrogen) atoms. The largest absolute Gasteiger partial charge is 0.333 e. The fraction of sp³-hybridized carbons (Fsp3) is 0.118. The van der Waals surface area contributed by atoms with Crippen LogP contribution in [0.25, 0.3) is 27.6 Å². The van der Waals surface area contributed by atoms with Crippen molar-refractivity contribution in [3.8, 4) is 0 Å². The zero-order valence-electron chi connectivity index (χ0n) is 20.8. The van der Waals surface area contributed by atoms with Gasteiger partial charge in [-0.05, 0) is 57.1 Å². The molecule has 0 fully saturated rings. The molecule has 3 nitrogen and oxygen atoms in total. The highest BCUT2D eigenvalue weighted by atomic mass is 15.3. The first kappa shape index (κ1) is 21.8. The number of rotatable bonds is 3. The molecule has 0 radical (unpaired) electrons. The second-order valence-electron chi connectivity index (χ2n) is 9.79. The number of amidine groups is 2. The van der Waals surface area contributed by atoms with E-state index in [4.69, 9.17) is 9.98 Å². The van der Waals surface area contributed by atoms with Crippen molar-refractivity contribution in [2.24, 2.45) is 9.98 Å². The number of aliphatic imine (C=N–C) groups is 2. The van der Waals surface area contributed by atoms with E-state index in [2.05, 4.69) is 103 Å². The molecule has 0 saturated heterocycles. The second-order valence-corrected chi connectivity index (χ2v) is 9.79. The van der Waals surface area contributed by atoms with Crippen molar-refractivity contribution in [2.45, 2.75) is 19.0 Å². The SMILES string of the molecule is CN1C(c2ccc3c4c(c5ccccc5c3c2)C=CCC4)=NC(c2ccccc2)=NC1c1ccccc1. The third-order valence-electron chi connectivity index (χ3n) is 7.57. The van der Waals surface area contributed by atoms with Crippen molar-refractivity contribution in [2.75, 3.05) is 7.05 Å². The molecule has 0 spiro atoms. The Kier molecular flexibility index (Phi) is 5.21. The summed E-state index contributed by atoms with van der Waals surface area (Å²) in [5, 5.41) is 5.25. The fourth-order valence-electron chi connectivity index (χ4n) is 5.76. The van der Waals surface area contributed by atoms with Gasteiger partial charge < -0.3 is 4.90 Å². The molecule has 2 aliphatic rings. The highest BCUT2D eigenvalue weighted by Gasteiger charge is 2.27. The molecule has 1 heterocycles. The third-order valence-corrected chi connectivity index (χ3v) is 7.57. The van der Waals surface area contributed by atoms with Crippen LogP contribution in [0.2, 0.25) is 0 Å². The molecule has 0 bridgehead atoms. The summed E-state index contributed by atoms with van der Waals surface area (Å²) >= 11 is 0. The first-order valence-electron chi connectivity index (χ1n) is 12.9. The highest BCUT2D eigenvalue weighted by molar-refractivity contribution is 6.17. The Bertz CT molecular complexity index is 1730. The molecule has 3 heteroatoms. The number of fused-ring (bicyclic) bond motifs is 6. The van der Waals surface area contributed by atoms with Crippen LogP contribution in [-0.4, -0.2) is 23.6 Å². The molecule has 178 valence electrons. The minimum absolute atomic E-state index is 0.148. The standard InChI is InChI=1S/C34H27N3/c1-37-33(24-14-6-3-7-15-24)35-32(23-12-4-2-5-13-23)36-34(37)25-20-21-30-28-18-9-8-16-26(28)27-17-10-11-19-29(27)31(30)22-25/h2-8,10-17,19-22,33H,9,18H2,1H3. The van der Waals surface area contributed by atoms with Gasteiger partial charge in [0, 0.05) is 18.2 Å². The van der Waals surface area contributed by atoms with Gasteiger partial charge in [0.15, 0.2) is 5.84 Å².